The molecule has 57 heavy (non-hydrogen) atoms. The fourth-order valence-corrected chi connectivity index (χ4v) is 12.5. The third-order valence-corrected chi connectivity index (χ3v) is 14.2. The highest BCUT2D eigenvalue weighted by molar-refractivity contribution is 6.10. The van der Waals surface area contributed by atoms with Gasteiger partial charge in [0.1, 0.15) is 0 Å². The SMILES string of the molecule is O=c1c2ccccc2n2c3ccc(N(c4ccc5c(c4)c(=O)c4cccc6c(=O)c7ccccc7n5c64)C45CC6CC(CC(C6)C4)C5)cc3c(=O)c3cccc1c32. The summed E-state index contributed by atoms with van der Waals surface area (Å²) in [6, 6.07) is 38.8. The number of hydrogen-bond donors (Lipinski definition) is 0. The highest BCUT2D eigenvalue weighted by Crippen LogP contribution is 2.60. The molecule has 4 aromatic heterocycles. The zero-order chi connectivity index (χ0) is 37.9. The minimum atomic E-state index is -0.170. The summed E-state index contributed by atoms with van der Waals surface area (Å²) in [5.74, 6) is 1.95. The predicted molar refractivity (Wildman–Crippen MR) is 230 cm³/mol. The number of hydrogen-bond acceptors (Lipinski definition) is 5. The molecule has 14 rings (SSSR count). The quantitative estimate of drug-likeness (QED) is 0.133. The zero-order valence-electron chi connectivity index (χ0n) is 31.0. The minimum absolute atomic E-state index is 0.0694. The molecule has 0 atom stereocenters. The first kappa shape index (κ1) is 31.6. The summed E-state index contributed by atoms with van der Waals surface area (Å²) in [6.45, 7) is 0. The summed E-state index contributed by atoms with van der Waals surface area (Å²) < 4.78 is 4.20. The van der Waals surface area contributed by atoms with Crippen LogP contribution in [0.5, 0.6) is 0 Å². The number of aromatic nitrogens is 2. The smallest absolute Gasteiger partial charge is 0.197 e. The van der Waals surface area contributed by atoms with Crippen molar-refractivity contribution >= 4 is 87.6 Å². The van der Waals surface area contributed by atoms with Gasteiger partial charge in [0, 0.05) is 60.0 Å². The highest BCUT2D eigenvalue weighted by Gasteiger charge is 2.54. The van der Waals surface area contributed by atoms with E-state index in [1.54, 1.807) is 0 Å². The lowest BCUT2D eigenvalue weighted by atomic mass is 9.52. The third-order valence-electron chi connectivity index (χ3n) is 14.2. The van der Waals surface area contributed by atoms with E-state index in [2.05, 4.69) is 50.1 Å². The molecule has 7 heteroatoms. The molecule has 4 aliphatic carbocycles. The molecule has 0 unspecified atom stereocenters. The van der Waals surface area contributed by atoms with E-state index in [0.717, 1.165) is 52.7 Å². The van der Waals surface area contributed by atoms with Crippen LogP contribution in [-0.2, 0) is 0 Å². The molecule has 4 bridgehead atoms. The van der Waals surface area contributed by atoms with Gasteiger partial charge in [-0.25, -0.2) is 0 Å². The van der Waals surface area contributed by atoms with Crippen LogP contribution in [0.3, 0.4) is 0 Å². The molecule has 0 N–H and O–H groups in total. The average molecular weight is 742 g/mol. The Morgan fingerprint density at radius 3 is 1.18 bits per heavy atom. The van der Waals surface area contributed by atoms with Gasteiger partial charge in [-0.05, 0) is 141 Å². The molecule has 4 saturated carbocycles. The van der Waals surface area contributed by atoms with E-state index >= 15 is 0 Å². The number of benzene rings is 6. The normalized spacial score (nSPS) is 21.8. The largest absolute Gasteiger partial charge is 0.335 e. The second-order valence-corrected chi connectivity index (χ2v) is 17.3. The summed E-state index contributed by atoms with van der Waals surface area (Å²) in [7, 11) is 0. The molecule has 4 aliphatic rings. The molecule has 0 radical (unpaired) electrons. The Morgan fingerprint density at radius 2 is 0.754 bits per heavy atom. The van der Waals surface area contributed by atoms with Gasteiger partial charge in [-0.2, -0.15) is 0 Å². The summed E-state index contributed by atoms with van der Waals surface area (Å²) in [5.41, 5.74) is 5.77. The highest BCUT2D eigenvalue weighted by atomic mass is 16.1. The van der Waals surface area contributed by atoms with E-state index in [1.807, 2.05) is 84.9 Å². The zero-order valence-corrected chi connectivity index (χ0v) is 31.0. The van der Waals surface area contributed by atoms with Crippen molar-refractivity contribution in [3.05, 3.63) is 162 Å². The first-order valence-corrected chi connectivity index (χ1v) is 20.2. The van der Waals surface area contributed by atoms with Crippen LogP contribution < -0.4 is 26.6 Å². The molecule has 274 valence electrons. The first-order chi connectivity index (χ1) is 27.9. The van der Waals surface area contributed by atoms with Gasteiger partial charge in [-0.3, -0.25) is 19.2 Å². The molecule has 4 fully saturated rings. The number of pyridine rings is 4. The summed E-state index contributed by atoms with van der Waals surface area (Å²) in [4.78, 5) is 59.3. The molecule has 0 saturated heterocycles. The van der Waals surface area contributed by atoms with Crippen LogP contribution in [0.25, 0.3) is 76.2 Å². The number of rotatable bonds is 3. The van der Waals surface area contributed by atoms with Crippen LogP contribution in [0, 0.1) is 17.8 Å². The molecular formula is C50H35N3O4. The molecular weight excluding hydrogens is 707 g/mol. The lowest BCUT2D eigenvalue weighted by molar-refractivity contribution is 0.000572. The van der Waals surface area contributed by atoms with Crippen molar-refractivity contribution in [1.82, 2.24) is 8.80 Å². The average Bonchev–Trinajstić information content (AvgIpc) is 3.23. The van der Waals surface area contributed by atoms with Gasteiger partial charge >= 0.3 is 0 Å². The number of nitrogens with zero attached hydrogens (tertiary/aromatic N) is 3. The van der Waals surface area contributed by atoms with Gasteiger partial charge in [0.05, 0.1) is 33.1 Å². The number of para-hydroxylation sites is 4. The molecule has 4 heterocycles. The van der Waals surface area contributed by atoms with Gasteiger partial charge < -0.3 is 13.7 Å². The standard InChI is InChI=1S/C50H35N3O4/c54-46-32-7-1-3-13-40(32)51-42-17-15-30(22-38(42)48(56)36-11-5-9-34(46)44(36)51)53(50-24-27-19-28(25-50)21-29(20-27)26-50)31-16-18-43-39(23-31)49(57)37-12-6-10-35-45(37)52(43)41-14-4-2-8-33(41)47(35)55/h1-18,22-23,27-29H,19-21,24-26H2. The Balaban J connectivity index is 1.12. The second kappa shape index (κ2) is 10.8. The van der Waals surface area contributed by atoms with Crippen molar-refractivity contribution < 1.29 is 0 Å². The van der Waals surface area contributed by atoms with Crippen molar-refractivity contribution in [3.63, 3.8) is 0 Å². The number of fused-ring (bicyclic) bond motifs is 8. The van der Waals surface area contributed by atoms with Gasteiger partial charge in [0.2, 0.25) is 0 Å². The topological polar surface area (TPSA) is 80.3 Å². The fraction of sp³-hybridized carbons (Fsp3) is 0.200. The van der Waals surface area contributed by atoms with Crippen LogP contribution in [-0.4, -0.2) is 14.3 Å². The van der Waals surface area contributed by atoms with E-state index < -0.39 is 0 Å². The summed E-state index contributed by atoms with van der Waals surface area (Å²) in [6.07, 6.45) is 7.02. The third kappa shape index (κ3) is 4.01. The predicted octanol–water partition coefficient (Wildman–Crippen LogP) is 9.53. The van der Waals surface area contributed by atoms with E-state index in [9.17, 15) is 19.2 Å². The maximum atomic E-state index is 14.7. The Morgan fingerprint density at radius 1 is 0.404 bits per heavy atom. The summed E-state index contributed by atoms with van der Waals surface area (Å²) >= 11 is 0. The Labute approximate surface area is 324 Å². The van der Waals surface area contributed by atoms with Gasteiger partial charge in [0.25, 0.3) is 0 Å². The Bertz CT molecular complexity index is 3420. The van der Waals surface area contributed by atoms with Crippen molar-refractivity contribution in [1.29, 1.82) is 0 Å². The van der Waals surface area contributed by atoms with Gasteiger partial charge in [-0.15, -0.1) is 0 Å². The maximum Gasteiger partial charge on any atom is 0.197 e. The second-order valence-electron chi connectivity index (χ2n) is 17.3. The molecule has 10 aromatic rings. The lowest BCUT2D eigenvalue weighted by Crippen LogP contribution is -2.58. The van der Waals surface area contributed by atoms with Crippen LogP contribution in [0.2, 0.25) is 0 Å². The van der Waals surface area contributed by atoms with Crippen LogP contribution >= 0.6 is 0 Å². The van der Waals surface area contributed by atoms with Crippen molar-refractivity contribution in [2.24, 2.45) is 17.8 Å². The van der Waals surface area contributed by atoms with Crippen molar-refractivity contribution in [3.8, 4) is 0 Å². The van der Waals surface area contributed by atoms with Gasteiger partial charge in [-0.1, -0.05) is 36.4 Å². The van der Waals surface area contributed by atoms with E-state index in [4.69, 9.17) is 0 Å². The summed E-state index contributed by atoms with van der Waals surface area (Å²) in [5, 5.41) is 4.57. The fourth-order valence-electron chi connectivity index (χ4n) is 12.5. The molecule has 6 aromatic carbocycles. The van der Waals surface area contributed by atoms with Crippen molar-refractivity contribution in [2.45, 2.75) is 44.1 Å². The van der Waals surface area contributed by atoms with Crippen molar-refractivity contribution in [2.75, 3.05) is 4.90 Å². The molecule has 0 amide bonds. The lowest BCUT2D eigenvalue weighted by Gasteiger charge is -2.61. The van der Waals surface area contributed by atoms with Crippen LogP contribution in [0.15, 0.2) is 141 Å². The number of anilines is 2. The van der Waals surface area contributed by atoms with E-state index in [0.29, 0.717) is 71.9 Å². The Kier molecular flexibility index (Phi) is 6.00. The minimum Gasteiger partial charge on any atom is -0.335 e. The maximum absolute atomic E-state index is 14.7. The molecule has 0 aliphatic heterocycles. The molecule has 7 nitrogen and oxygen atoms in total. The molecule has 0 spiro atoms. The van der Waals surface area contributed by atoms with Crippen LogP contribution in [0.4, 0.5) is 11.4 Å². The Hall–Kier alpha value is -6.60. The van der Waals surface area contributed by atoms with Gasteiger partial charge in [0.15, 0.2) is 21.7 Å². The van der Waals surface area contributed by atoms with Crippen LogP contribution in [0.1, 0.15) is 38.5 Å². The van der Waals surface area contributed by atoms with E-state index in [-0.39, 0.29) is 27.3 Å². The van der Waals surface area contributed by atoms with E-state index in [1.165, 1.54) is 19.3 Å². The first-order valence-electron chi connectivity index (χ1n) is 20.2. The monoisotopic (exact) mass is 741 g/mol.